The number of fused-ring (bicyclic) bond motifs is 1. The van der Waals surface area contributed by atoms with Gasteiger partial charge in [0.2, 0.25) is 0 Å². The van der Waals surface area contributed by atoms with Gasteiger partial charge in [0.25, 0.3) is 0 Å². The van der Waals surface area contributed by atoms with Crippen molar-refractivity contribution in [3.8, 4) is 0 Å². The third kappa shape index (κ3) is 1.73. The first-order valence-corrected chi connectivity index (χ1v) is 5.96. The molecule has 1 heterocycles. The summed E-state index contributed by atoms with van der Waals surface area (Å²) in [7, 11) is 0. The molecule has 1 heteroatoms. The summed E-state index contributed by atoms with van der Waals surface area (Å²) in [6, 6.07) is 12.7. The van der Waals surface area contributed by atoms with E-state index in [0.29, 0.717) is 5.92 Å². The highest BCUT2D eigenvalue weighted by Crippen LogP contribution is 2.27. The van der Waals surface area contributed by atoms with Crippen molar-refractivity contribution in [3.05, 3.63) is 54.2 Å². The minimum Gasteiger partial charge on any atom is -0.252 e. The molecule has 3 rings (SSSR count). The molecule has 0 aliphatic heterocycles. The summed E-state index contributed by atoms with van der Waals surface area (Å²) in [5, 5.41) is 1.23. The molecule has 1 aliphatic rings. The van der Waals surface area contributed by atoms with Gasteiger partial charge in [-0.3, -0.25) is 4.98 Å². The maximum atomic E-state index is 4.75. The van der Waals surface area contributed by atoms with Crippen molar-refractivity contribution in [1.29, 1.82) is 0 Å². The lowest BCUT2D eigenvalue weighted by atomic mass is 9.92. The predicted octanol–water partition coefficient (Wildman–Crippen LogP) is 4.06. The quantitative estimate of drug-likeness (QED) is 0.645. The number of benzene rings is 1. The van der Waals surface area contributed by atoms with E-state index in [-0.39, 0.29) is 0 Å². The molecule has 1 unspecified atom stereocenters. The van der Waals surface area contributed by atoms with Crippen LogP contribution in [0.4, 0.5) is 0 Å². The molecular weight excluding hydrogens is 194 g/mol. The van der Waals surface area contributed by atoms with Crippen LogP contribution in [0, 0.1) is 0 Å². The fourth-order valence-corrected chi connectivity index (χ4v) is 2.35. The van der Waals surface area contributed by atoms with Gasteiger partial charge >= 0.3 is 0 Å². The van der Waals surface area contributed by atoms with Gasteiger partial charge < -0.3 is 0 Å². The first-order valence-electron chi connectivity index (χ1n) is 5.96. The van der Waals surface area contributed by atoms with Crippen LogP contribution in [-0.2, 0) is 0 Å². The molecule has 1 aliphatic carbocycles. The molecule has 1 aromatic heterocycles. The highest BCUT2D eigenvalue weighted by atomic mass is 14.7. The summed E-state index contributed by atoms with van der Waals surface area (Å²) in [5.74, 6) is 0.526. The number of hydrogen-bond donors (Lipinski definition) is 0. The van der Waals surface area contributed by atoms with Crippen molar-refractivity contribution in [1.82, 2.24) is 4.98 Å². The van der Waals surface area contributed by atoms with Crippen LogP contribution < -0.4 is 0 Å². The predicted molar refractivity (Wildman–Crippen MR) is 67.5 cm³/mol. The van der Waals surface area contributed by atoms with E-state index in [4.69, 9.17) is 4.98 Å². The number of para-hydroxylation sites is 1. The van der Waals surface area contributed by atoms with Crippen molar-refractivity contribution in [3.63, 3.8) is 0 Å². The van der Waals surface area contributed by atoms with Crippen LogP contribution >= 0.6 is 0 Å². The Bertz CT molecular complexity index is 528. The first kappa shape index (κ1) is 9.59. The number of allylic oxidation sites excluding steroid dienone is 2. The summed E-state index contributed by atoms with van der Waals surface area (Å²) in [6.45, 7) is 0. The lowest BCUT2D eigenvalue weighted by Gasteiger charge is -2.15. The number of pyridine rings is 1. The van der Waals surface area contributed by atoms with E-state index in [0.717, 1.165) is 5.52 Å². The zero-order chi connectivity index (χ0) is 10.8. The molecule has 0 N–H and O–H groups in total. The molecule has 0 fully saturated rings. The first-order chi connectivity index (χ1) is 7.93. The standard InChI is InChI=1S/C15H15N/c1-2-6-12(7-3-1)15-11-10-13-8-4-5-9-14(13)16-15/h2,4-6,8-12H,1,3,7H2. The topological polar surface area (TPSA) is 12.9 Å². The molecule has 16 heavy (non-hydrogen) atoms. The number of nitrogens with zero attached hydrogens (tertiary/aromatic N) is 1. The maximum Gasteiger partial charge on any atom is 0.0705 e. The summed E-state index contributed by atoms with van der Waals surface area (Å²) in [5.41, 5.74) is 2.33. The van der Waals surface area contributed by atoms with Gasteiger partial charge in [0.15, 0.2) is 0 Å². The molecule has 2 aromatic rings. The second-order valence-corrected chi connectivity index (χ2v) is 4.39. The average Bonchev–Trinajstić information content (AvgIpc) is 2.39. The summed E-state index contributed by atoms with van der Waals surface area (Å²) < 4.78 is 0. The Labute approximate surface area is 95.8 Å². The van der Waals surface area contributed by atoms with Crippen LogP contribution in [-0.4, -0.2) is 4.98 Å². The SMILES string of the molecule is C1=CC(c2ccc3ccccc3n2)CCC1. The van der Waals surface area contributed by atoms with E-state index >= 15 is 0 Å². The molecular formula is C15H15N. The van der Waals surface area contributed by atoms with Crippen molar-refractivity contribution in [2.45, 2.75) is 25.2 Å². The summed E-state index contributed by atoms with van der Waals surface area (Å²) in [6.07, 6.45) is 8.34. The largest absolute Gasteiger partial charge is 0.252 e. The molecule has 0 spiro atoms. The Morgan fingerprint density at radius 2 is 2.00 bits per heavy atom. The Hall–Kier alpha value is -1.63. The smallest absolute Gasteiger partial charge is 0.0705 e. The van der Waals surface area contributed by atoms with Crippen LogP contribution in [0.15, 0.2) is 48.6 Å². The van der Waals surface area contributed by atoms with Crippen LogP contribution in [0.2, 0.25) is 0 Å². The molecule has 0 saturated carbocycles. The summed E-state index contributed by atoms with van der Waals surface area (Å²) >= 11 is 0. The highest BCUT2D eigenvalue weighted by Gasteiger charge is 2.12. The molecule has 0 radical (unpaired) electrons. The lowest BCUT2D eigenvalue weighted by molar-refractivity contribution is 0.643. The molecule has 80 valence electrons. The minimum absolute atomic E-state index is 0.526. The zero-order valence-electron chi connectivity index (χ0n) is 9.26. The van der Waals surface area contributed by atoms with Gasteiger partial charge in [0.05, 0.1) is 5.52 Å². The van der Waals surface area contributed by atoms with E-state index < -0.39 is 0 Å². The number of rotatable bonds is 1. The van der Waals surface area contributed by atoms with Crippen LogP contribution in [0.1, 0.15) is 30.9 Å². The monoisotopic (exact) mass is 209 g/mol. The van der Waals surface area contributed by atoms with Crippen LogP contribution in [0.25, 0.3) is 10.9 Å². The lowest BCUT2D eigenvalue weighted by Crippen LogP contribution is -2.01. The third-order valence-electron chi connectivity index (χ3n) is 3.25. The molecule has 0 amide bonds. The Morgan fingerprint density at radius 1 is 1.06 bits per heavy atom. The van der Waals surface area contributed by atoms with Crippen LogP contribution in [0.5, 0.6) is 0 Å². The van der Waals surface area contributed by atoms with Gasteiger partial charge in [-0.15, -0.1) is 0 Å². The van der Waals surface area contributed by atoms with E-state index in [1.165, 1.54) is 30.3 Å². The second-order valence-electron chi connectivity index (χ2n) is 4.39. The van der Waals surface area contributed by atoms with Gasteiger partial charge in [0.1, 0.15) is 0 Å². The van der Waals surface area contributed by atoms with Gasteiger partial charge in [0, 0.05) is 17.0 Å². The number of hydrogen-bond acceptors (Lipinski definition) is 1. The average molecular weight is 209 g/mol. The van der Waals surface area contributed by atoms with Crippen molar-refractivity contribution >= 4 is 10.9 Å². The fraction of sp³-hybridized carbons (Fsp3) is 0.267. The molecule has 1 atom stereocenters. The summed E-state index contributed by atoms with van der Waals surface area (Å²) in [4.78, 5) is 4.75. The van der Waals surface area contributed by atoms with Crippen LogP contribution in [0.3, 0.4) is 0 Å². The third-order valence-corrected chi connectivity index (χ3v) is 3.25. The van der Waals surface area contributed by atoms with E-state index in [1.807, 2.05) is 0 Å². The normalized spacial score (nSPS) is 20.1. The van der Waals surface area contributed by atoms with E-state index in [1.54, 1.807) is 0 Å². The van der Waals surface area contributed by atoms with E-state index in [2.05, 4.69) is 48.6 Å². The number of aromatic nitrogens is 1. The highest BCUT2D eigenvalue weighted by molar-refractivity contribution is 5.78. The molecule has 0 saturated heterocycles. The Morgan fingerprint density at radius 3 is 2.88 bits per heavy atom. The zero-order valence-corrected chi connectivity index (χ0v) is 9.26. The second kappa shape index (κ2) is 4.09. The molecule has 0 bridgehead atoms. The fourth-order valence-electron chi connectivity index (χ4n) is 2.35. The van der Waals surface area contributed by atoms with Gasteiger partial charge in [-0.1, -0.05) is 36.4 Å². The maximum absolute atomic E-state index is 4.75. The van der Waals surface area contributed by atoms with Crippen molar-refractivity contribution in [2.75, 3.05) is 0 Å². The van der Waals surface area contributed by atoms with Gasteiger partial charge in [-0.05, 0) is 31.4 Å². The molecule has 1 aromatic carbocycles. The Balaban J connectivity index is 2.04. The Kier molecular flexibility index (Phi) is 2.45. The van der Waals surface area contributed by atoms with E-state index in [9.17, 15) is 0 Å². The van der Waals surface area contributed by atoms with Crippen molar-refractivity contribution < 1.29 is 0 Å². The van der Waals surface area contributed by atoms with Crippen molar-refractivity contribution in [2.24, 2.45) is 0 Å². The molecule has 1 nitrogen and oxygen atoms in total. The van der Waals surface area contributed by atoms with Gasteiger partial charge in [-0.25, -0.2) is 0 Å². The minimum atomic E-state index is 0.526. The van der Waals surface area contributed by atoms with Gasteiger partial charge in [-0.2, -0.15) is 0 Å².